The number of carbonyl (C=O) groups excluding carboxylic acids is 1. The van der Waals surface area contributed by atoms with E-state index in [1.165, 1.54) is 23.9 Å². The molecular weight excluding hydrogens is 445 g/mol. The highest BCUT2D eigenvalue weighted by atomic mass is 32.2. The highest BCUT2D eigenvalue weighted by Gasteiger charge is 2.27. The van der Waals surface area contributed by atoms with Gasteiger partial charge in [0.2, 0.25) is 5.92 Å². The zero-order valence-corrected chi connectivity index (χ0v) is 18.9. The van der Waals surface area contributed by atoms with Crippen LogP contribution in [0.15, 0.2) is 81.5 Å². The van der Waals surface area contributed by atoms with Crippen LogP contribution in [0, 0.1) is 5.82 Å². The van der Waals surface area contributed by atoms with Crippen LogP contribution in [0.5, 0.6) is 0 Å². The number of nitrogens with one attached hydrogen (secondary N) is 1. The van der Waals surface area contributed by atoms with E-state index in [-0.39, 0.29) is 18.8 Å². The molecule has 170 valence electrons. The zero-order valence-electron chi connectivity index (χ0n) is 18.1. The summed E-state index contributed by atoms with van der Waals surface area (Å²) in [7, 11) is 0. The second-order valence-electron chi connectivity index (χ2n) is 7.86. The van der Waals surface area contributed by atoms with E-state index in [9.17, 15) is 18.0 Å². The lowest BCUT2D eigenvalue weighted by Gasteiger charge is -2.15. The van der Waals surface area contributed by atoms with Crippen molar-refractivity contribution in [3.8, 4) is 0 Å². The number of rotatable bonds is 7. The quantitative estimate of drug-likeness (QED) is 0.317. The fourth-order valence-corrected chi connectivity index (χ4v) is 4.67. The molecule has 0 bridgehead atoms. The van der Waals surface area contributed by atoms with Crippen LogP contribution in [0.1, 0.15) is 47.7 Å². The van der Waals surface area contributed by atoms with E-state index in [0.717, 1.165) is 20.9 Å². The Bertz CT molecular complexity index is 1190. The summed E-state index contributed by atoms with van der Waals surface area (Å²) in [5, 5.41) is 2.59. The first-order valence-electron chi connectivity index (χ1n) is 10.8. The number of halogens is 3. The van der Waals surface area contributed by atoms with E-state index in [4.69, 9.17) is 4.99 Å². The van der Waals surface area contributed by atoms with Crippen LogP contribution in [0.3, 0.4) is 0 Å². The highest BCUT2D eigenvalue weighted by molar-refractivity contribution is 7.99. The first-order chi connectivity index (χ1) is 15.9. The maximum absolute atomic E-state index is 13.7. The van der Waals surface area contributed by atoms with Gasteiger partial charge in [-0.1, -0.05) is 43.3 Å². The first-order valence-corrected chi connectivity index (χ1v) is 11.6. The van der Waals surface area contributed by atoms with Gasteiger partial charge in [-0.25, -0.2) is 18.2 Å². The second kappa shape index (κ2) is 9.83. The summed E-state index contributed by atoms with van der Waals surface area (Å²) < 4.78 is 40.9. The number of fused-ring (bicyclic) bond motifs is 2. The van der Waals surface area contributed by atoms with E-state index in [0.29, 0.717) is 23.4 Å². The molecule has 0 aliphatic carbocycles. The smallest absolute Gasteiger partial charge is 0.251 e. The van der Waals surface area contributed by atoms with Crippen molar-refractivity contribution < 1.29 is 18.0 Å². The van der Waals surface area contributed by atoms with Crippen molar-refractivity contribution in [2.45, 2.75) is 41.9 Å². The first kappa shape index (κ1) is 23.1. The summed E-state index contributed by atoms with van der Waals surface area (Å²) >= 11 is 1.53. The summed E-state index contributed by atoms with van der Waals surface area (Å²) in [6.07, 6.45) is -0.198. The molecule has 0 saturated heterocycles. The van der Waals surface area contributed by atoms with Crippen LogP contribution in [0.25, 0.3) is 0 Å². The van der Waals surface area contributed by atoms with Crippen LogP contribution < -0.4 is 5.32 Å². The van der Waals surface area contributed by atoms with Gasteiger partial charge in [0.15, 0.2) is 0 Å². The summed E-state index contributed by atoms with van der Waals surface area (Å²) in [5.41, 5.74) is 3.29. The van der Waals surface area contributed by atoms with Gasteiger partial charge in [-0.15, -0.1) is 0 Å². The number of aliphatic imine (C=N–C) groups is 1. The van der Waals surface area contributed by atoms with E-state index >= 15 is 0 Å². The Kier molecular flexibility index (Phi) is 6.88. The molecule has 1 heterocycles. The molecule has 4 rings (SSSR count). The minimum absolute atomic E-state index is 0.104. The average Bonchev–Trinajstić information content (AvgIpc) is 2.95. The molecule has 1 N–H and O–H groups in total. The van der Waals surface area contributed by atoms with Gasteiger partial charge >= 0.3 is 0 Å². The topological polar surface area (TPSA) is 41.5 Å². The molecule has 1 amide bonds. The molecule has 1 aliphatic rings. The third-order valence-corrected chi connectivity index (χ3v) is 6.47. The molecule has 3 nitrogen and oxygen atoms in total. The van der Waals surface area contributed by atoms with Crippen molar-refractivity contribution >= 4 is 29.1 Å². The Morgan fingerprint density at radius 2 is 1.76 bits per heavy atom. The lowest BCUT2D eigenvalue weighted by Crippen LogP contribution is -2.29. The number of hydrogen-bond donors (Lipinski definition) is 1. The Morgan fingerprint density at radius 3 is 2.52 bits per heavy atom. The zero-order chi connectivity index (χ0) is 23.4. The van der Waals surface area contributed by atoms with Gasteiger partial charge in [-0.2, -0.15) is 0 Å². The van der Waals surface area contributed by atoms with E-state index in [1.54, 1.807) is 31.2 Å². The molecule has 33 heavy (non-hydrogen) atoms. The van der Waals surface area contributed by atoms with Crippen LogP contribution in [-0.2, 0) is 0 Å². The molecule has 0 saturated carbocycles. The number of alkyl halides is 2. The van der Waals surface area contributed by atoms with E-state index in [1.807, 2.05) is 30.3 Å². The number of benzene rings is 3. The second-order valence-corrected chi connectivity index (χ2v) is 8.94. The number of hydrogen-bond acceptors (Lipinski definition) is 3. The van der Waals surface area contributed by atoms with E-state index in [2.05, 4.69) is 5.32 Å². The van der Waals surface area contributed by atoms with Crippen molar-refractivity contribution in [3.05, 3.63) is 89.2 Å². The molecule has 3 aromatic rings. The molecule has 0 fully saturated rings. The van der Waals surface area contributed by atoms with Crippen molar-refractivity contribution in [2.75, 3.05) is 6.54 Å². The largest absolute Gasteiger partial charge is 0.352 e. The Labute approximate surface area is 195 Å². The normalized spacial score (nSPS) is 12.9. The van der Waals surface area contributed by atoms with Gasteiger partial charge in [0.1, 0.15) is 5.82 Å². The fraction of sp³-hybridized carbons (Fsp3) is 0.231. The number of amides is 1. The van der Waals surface area contributed by atoms with Gasteiger partial charge in [0.05, 0.1) is 11.4 Å². The summed E-state index contributed by atoms with van der Waals surface area (Å²) in [5.74, 6) is -3.54. The van der Waals surface area contributed by atoms with Crippen molar-refractivity contribution in [2.24, 2.45) is 4.99 Å². The summed E-state index contributed by atoms with van der Waals surface area (Å²) in [4.78, 5) is 19.3. The van der Waals surface area contributed by atoms with Crippen molar-refractivity contribution in [3.63, 3.8) is 0 Å². The standard InChI is InChI=1S/C26H23F3N2OS/c1-2-13-26(28,29)14-15-30-25(32)18-9-12-23-21(16-18)31-24(17-7-10-19(27)11-8-17)20-5-3-4-6-22(20)33-23/h3-12,16H,2,13-15H2,1H3,(H,30,32). The molecular formula is C26H23F3N2OS. The summed E-state index contributed by atoms with van der Waals surface area (Å²) in [6.45, 7) is 1.60. The van der Waals surface area contributed by atoms with Gasteiger partial charge in [-0.05, 0) is 48.5 Å². The molecule has 7 heteroatoms. The van der Waals surface area contributed by atoms with Crippen LogP contribution >= 0.6 is 11.8 Å². The molecule has 0 unspecified atom stereocenters. The maximum Gasteiger partial charge on any atom is 0.251 e. The van der Waals surface area contributed by atoms with Gasteiger partial charge in [0, 0.05) is 45.9 Å². The minimum atomic E-state index is -2.79. The van der Waals surface area contributed by atoms with E-state index < -0.39 is 18.3 Å². The monoisotopic (exact) mass is 468 g/mol. The Hall–Kier alpha value is -3.06. The predicted molar refractivity (Wildman–Crippen MR) is 126 cm³/mol. The molecule has 0 aromatic heterocycles. The molecule has 3 aromatic carbocycles. The van der Waals surface area contributed by atoms with Gasteiger partial charge in [0.25, 0.3) is 5.91 Å². The van der Waals surface area contributed by atoms with Crippen molar-refractivity contribution in [1.82, 2.24) is 5.32 Å². The lowest BCUT2D eigenvalue weighted by atomic mass is 10.0. The third kappa shape index (κ3) is 5.47. The molecule has 0 radical (unpaired) electrons. The molecule has 0 atom stereocenters. The molecule has 0 spiro atoms. The van der Waals surface area contributed by atoms with Crippen LogP contribution in [0.4, 0.5) is 18.9 Å². The Balaban J connectivity index is 1.63. The average molecular weight is 469 g/mol. The van der Waals surface area contributed by atoms with Crippen molar-refractivity contribution in [1.29, 1.82) is 0 Å². The number of nitrogens with zero attached hydrogens (tertiary/aromatic N) is 1. The lowest BCUT2D eigenvalue weighted by molar-refractivity contribution is -0.0157. The predicted octanol–water partition coefficient (Wildman–Crippen LogP) is 7.01. The SMILES string of the molecule is CCCC(F)(F)CCNC(=O)c1ccc2c(c1)N=C(c1ccc(F)cc1)c1ccccc1S2. The summed E-state index contributed by atoms with van der Waals surface area (Å²) in [6, 6.07) is 19.1. The maximum atomic E-state index is 13.7. The van der Waals surface area contributed by atoms with Gasteiger partial charge in [-0.3, -0.25) is 4.79 Å². The van der Waals surface area contributed by atoms with Crippen LogP contribution in [0.2, 0.25) is 0 Å². The highest BCUT2D eigenvalue weighted by Crippen LogP contribution is 2.41. The molecule has 1 aliphatic heterocycles. The number of carbonyl (C=O) groups is 1. The fourth-order valence-electron chi connectivity index (χ4n) is 3.66. The third-order valence-electron chi connectivity index (χ3n) is 5.33. The Morgan fingerprint density at radius 1 is 1.00 bits per heavy atom. The minimum Gasteiger partial charge on any atom is -0.352 e. The van der Waals surface area contributed by atoms with Crippen LogP contribution in [-0.4, -0.2) is 24.1 Å². The van der Waals surface area contributed by atoms with Gasteiger partial charge < -0.3 is 5.32 Å².